The summed E-state index contributed by atoms with van der Waals surface area (Å²) in [6, 6.07) is 2.81. The average molecular weight is 361 g/mol. The fourth-order valence-corrected chi connectivity index (χ4v) is 4.10. The van der Waals surface area contributed by atoms with Crippen LogP contribution in [0.15, 0.2) is 16.6 Å². The topological polar surface area (TPSA) is 55.1 Å². The fourth-order valence-electron chi connectivity index (χ4n) is 2.46. The summed E-state index contributed by atoms with van der Waals surface area (Å²) < 4.78 is 13.7. The van der Waals surface area contributed by atoms with E-state index in [0.717, 1.165) is 25.0 Å². The van der Waals surface area contributed by atoms with E-state index in [2.05, 4.69) is 28.2 Å². The van der Waals surface area contributed by atoms with Crippen LogP contribution < -0.4 is 11.1 Å². The predicted molar refractivity (Wildman–Crippen MR) is 85.5 cm³/mol. The highest BCUT2D eigenvalue weighted by Gasteiger charge is 2.26. The van der Waals surface area contributed by atoms with E-state index in [0.29, 0.717) is 15.3 Å². The van der Waals surface area contributed by atoms with E-state index in [9.17, 15) is 9.18 Å². The van der Waals surface area contributed by atoms with Gasteiger partial charge in [-0.2, -0.15) is 11.8 Å². The van der Waals surface area contributed by atoms with Gasteiger partial charge in [-0.15, -0.1) is 0 Å². The molecule has 0 heterocycles. The molecule has 1 aliphatic rings. The molecule has 0 bridgehead atoms. The highest BCUT2D eigenvalue weighted by molar-refractivity contribution is 9.10. The Morgan fingerprint density at radius 2 is 2.30 bits per heavy atom. The molecule has 1 aliphatic carbocycles. The maximum absolute atomic E-state index is 13.3. The fraction of sp³-hybridized carbons (Fsp3) is 0.500. The minimum Gasteiger partial charge on any atom is -0.396 e. The Kier molecular flexibility index (Phi) is 5.32. The van der Waals surface area contributed by atoms with Crippen molar-refractivity contribution in [2.45, 2.75) is 37.5 Å². The number of carbonyl (C=O) groups is 1. The normalized spacial score (nSPS) is 21.9. The van der Waals surface area contributed by atoms with Crippen molar-refractivity contribution in [3.05, 3.63) is 28.0 Å². The van der Waals surface area contributed by atoms with Gasteiger partial charge in [0.15, 0.2) is 0 Å². The largest absolute Gasteiger partial charge is 0.396 e. The van der Waals surface area contributed by atoms with Gasteiger partial charge in [0.2, 0.25) is 0 Å². The molecule has 1 fully saturated rings. The number of carbonyl (C=O) groups excluding carboxylic acids is 1. The Bertz CT molecular complexity index is 512. The molecule has 1 aromatic rings. The zero-order chi connectivity index (χ0) is 14.7. The van der Waals surface area contributed by atoms with Crippen molar-refractivity contribution in [3.8, 4) is 0 Å². The van der Waals surface area contributed by atoms with Gasteiger partial charge in [0.25, 0.3) is 5.91 Å². The number of nitrogens with one attached hydrogen (secondary N) is 1. The summed E-state index contributed by atoms with van der Waals surface area (Å²) in [5, 5.41) is 3.64. The number of amides is 1. The molecule has 0 radical (unpaired) electrons. The van der Waals surface area contributed by atoms with E-state index in [4.69, 9.17) is 5.73 Å². The van der Waals surface area contributed by atoms with E-state index < -0.39 is 5.82 Å². The molecule has 0 saturated heterocycles. The zero-order valence-corrected chi connectivity index (χ0v) is 13.7. The Morgan fingerprint density at radius 1 is 1.55 bits per heavy atom. The van der Waals surface area contributed by atoms with Crippen LogP contribution in [-0.2, 0) is 0 Å². The van der Waals surface area contributed by atoms with Crippen LogP contribution >= 0.6 is 27.7 Å². The van der Waals surface area contributed by atoms with Gasteiger partial charge in [-0.3, -0.25) is 4.79 Å². The van der Waals surface area contributed by atoms with Crippen LogP contribution in [0.25, 0.3) is 0 Å². The van der Waals surface area contributed by atoms with Crippen LogP contribution in [-0.4, -0.2) is 23.0 Å². The second-order valence-electron chi connectivity index (χ2n) is 4.91. The van der Waals surface area contributed by atoms with Gasteiger partial charge in [-0.05, 0) is 53.1 Å². The summed E-state index contributed by atoms with van der Waals surface area (Å²) in [5.74, 6) is 0.384. The lowest BCUT2D eigenvalue weighted by Crippen LogP contribution is -2.33. The van der Waals surface area contributed by atoms with Crippen LogP contribution in [0.2, 0.25) is 0 Å². The molecule has 110 valence electrons. The highest BCUT2D eigenvalue weighted by atomic mass is 79.9. The Morgan fingerprint density at radius 3 is 3.00 bits per heavy atom. The molecule has 6 heteroatoms. The van der Waals surface area contributed by atoms with Crippen molar-refractivity contribution in [2.75, 3.05) is 11.5 Å². The first-order valence-electron chi connectivity index (χ1n) is 6.68. The minimum absolute atomic E-state index is 0.0100. The first kappa shape index (κ1) is 15.6. The van der Waals surface area contributed by atoms with E-state index in [-0.39, 0.29) is 17.6 Å². The molecule has 20 heavy (non-hydrogen) atoms. The molecule has 3 N–H and O–H groups in total. The lowest BCUT2D eigenvalue weighted by molar-refractivity contribution is 0.0937. The van der Waals surface area contributed by atoms with Crippen molar-refractivity contribution in [1.82, 2.24) is 5.32 Å². The smallest absolute Gasteiger partial charge is 0.252 e. The predicted octanol–water partition coefficient (Wildman–Crippen LogP) is 3.57. The number of hydrogen-bond donors (Lipinski definition) is 2. The van der Waals surface area contributed by atoms with Gasteiger partial charge >= 0.3 is 0 Å². The number of nitrogen functional groups attached to an aromatic ring is 1. The van der Waals surface area contributed by atoms with Crippen LogP contribution in [0.5, 0.6) is 0 Å². The second-order valence-corrected chi connectivity index (χ2v) is 7.35. The summed E-state index contributed by atoms with van der Waals surface area (Å²) in [7, 11) is 0. The third-order valence-corrected chi connectivity index (χ3v) is 5.34. The Labute approximate surface area is 131 Å². The standard InChI is InChI=1S/C14H18BrFN2OS/c1-2-20-9-4-3-8(5-9)18-14(19)10-6-13(17)12(16)7-11(10)15/h6-9H,2-5,17H2,1H3,(H,18,19). The van der Waals surface area contributed by atoms with Gasteiger partial charge in [0, 0.05) is 15.8 Å². The van der Waals surface area contributed by atoms with Gasteiger partial charge in [0.05, 0.1) is 11.3 Å². The number of benzene rings is 1. The number of thioether (sulfide) groups is 1. The summed E-state index contributed by atoms with van der Waals surface area (Å²) in [6.07, 6.45) is 3.13. The van der Waals surface area contributed by atoms with Crippen LogP contribution in [0.4, 0.5) is 10.1 Å². The molecule has 1 saturated carbocycles. The molecule has 1 amide bonds. The third kappa shape index (κ3) is 3.67. The molecule has 2 unspecified atom stereocenters. The first-order valence-corrected chi connectivity index (χ1v) is 8.52. The molecule has 3 nitrogen and oxygen atoms in total. The molecule has 1 aromatic carbocycles. The Hall–Kier alpha value is -0.750. The molecular weight excluding hydrogens is 343 g/mol. The number of halogens is 2. The molecule has 2 atom stereocenters. The first-order chi connectivity index (χ1) is 9.51. The highest BCUT2D eigenvalue weighted by Crippen LogP contribution is 2.30. The van der Waals surface area contributed by atoms with Crippen molar-refractivity contribution in [1.29, 1.82) is 0 Å². The average Bonchev–Trinajstić information content (AvgIpc) is 2.81. The molecule has 0 aromatic heterocycles. The van der Waals surface area contributed by atoms with E-state index in [1.807, 2.05) is 11.8 Å². The molecular formula is C14H18BrFN2OS. The summed E-state index contributed by atoms with van der Waals surface area (Å²) in [5.41, 5.74) is 5.89. The molecule has 0 aliphatic heterocycles. The Balaban J connectivity index is 2.01. The van der Waals surface area contributed by atoms with Crippen molar-refractivity contribution in [2.24, 2.45) is 0 Å². The quantitative estimate of drug-likeness (QED) is 0.806. The van der Waals surface area contributed by atoms with Crippen LogP contribution in [0.1, 0.15) is 36.5 Å². The van der Waals surface area contributed by atoms with E-state index in [1.54, 1.807) is 0 Å². The van der Waals surface area contributed by atoms with Gasteiger partial charge in [-0.1, -0.05) is 6.92 Å². The van der Waals surface area contributed by atoms with Crippen LogP contribution in [0.3, 0.4) is 0 Å². The number of rotatable bonds is 4. The molecule has 2 rings (SSSR count). The lowest BCUT2D eigenvalue weighted by Gasteiger charge is -2.14. The lowest BCUT2D eigenvalue weighted by atomic mass is 10.1. The zero-order valence-electron chi connectivity index (χ0n) is 11.3. The maximum atomic E-state index is 13.3. The van der Waals surface area contributed by atoms with Crippen LogP contribution in [0, 0.1) is 5.82 Å². The second kappa shape index (κ2) is 6.80. The monoisotopic (exact) mass is 360 g/mol. The SMILES string of the molecule is CCSC1CCC(NC(=O)c2cc(N)c(F)cc2Br)C1. The molecule has 0 spiro atoms. The van der Waals surface area contributed by atoms with Crippen molar-refractivity contribution < 1.29 is 9.18 Å². The van der Waals surface area contributed by atoms with E-state index in [1.165, 1.54) is 12.1 Å². The summed E-state index contributed by atoms with van der Waals surface area (Å²) >= 11 is 5.15. The number of hydrogen-bond acceptors (Lipinski definition) is 3. The maximum Gasteiger partial charge on any atom is 0.252 e. The number of anilines is 1. The minimum atomic E-state index is -0.520. The van der Waals surface area contributed by atoms with Gasteiger partial charge in [-0.25, -0.2) is 4.39 Å². The van der Waals surface area contributed by atoms with Gasteiger partial charge < -0.3 is 11.1 Å². The van der Waals surface area contributed by atoms with Gasteiger partial charge in [0.1, 0.15) is 5.82 Å². The van der Waals surface area contributed by atoms with E-state index >= 15 is 0 Å². The van der Waals surface area contributed by atoms with Crippen molar-refractivity contribution >= 4 is 39.3 Å². The summed E-state index contributed by atoms with van der Waals surface area (Å²) in [6.45, 7) is 2.15. The number of nitrogens with two attached hydrogens (primary N) is 1. The third-order valence-electron chi connectivity index (χ3n) is 3.45. The summed E-state index contributed by atoms with van der Waals surface area (Å²) in [4.78, 5) is 12.2. The van der Waals surface area contributed by atoms with Crippen molar-refractivity contribution in [3.63, 3.8) is 0 Å².